The van der Waals surface area contributed by atoms with Gasteiger partial charge in [-0.3, -0.25) is 4.79 Å². The zero-order valence-corrected chi connectivity index (χ0v) is 9.48. The number of anilines is 1. The summed E-state index contributed by atoms with van der Waals surface area (Å²) in [4.78, 5) is 19.3. The lowest BCUT2D eigenvalue weighted by atomic mass is 10.2. The summed E-state index contributed by atoms with van der Waals surface area (Å²) < 4.78 is 17.6. The minimum Gasteiger partial charge on any atom is -0.372 e. The van der Waals surface area contributed by atoms with E-state index in [1.807, 2.05) is 0 Å². The van der Waals surface area contributed by atoms with Gasteiger partial charge in [-0.15, -0.1) is 0 Å². The Hall–Kier alpha value is -2.51. The second-order valence-corrected chi connectivity index (χ2v) is 3.33. The molecule has 0 aromatic carbocycles. The van der Waals surface area contributed by atoms with Crippen molar-refractivity contribution in [3.63, 3.8) is 0 Å². The maximum atomic E-state index is 13.0. The summed E-state index contributed by atoms with van der Waals surface area (Å²) in [6.45, 7) is 0.0923. The van der Waals surface area contributed by atoms with Crippen LogP contribution >= 0.6 is 0 Å². The van der Waals surface area contributed by atoms with E-state index in [9.17, 15) is 9.18 Å². The number of nitrogens with one attached hydrogen (secondary N) is 2. The van der Waals surface area contributed by atoms with E-state index in [0.717, 1.165) is 18.7 Å². The summed E-state index contributed by atoms with van der Waals surface area (Å²) in [5.74, 6) is -0.435. The number of aromatic nitrogens is 3. The fraction of sp³-hybridized carbons (Fsp3) is 0.200. The van der Waals surface area contributed by atoms with E-state index in [-0.39, 0.29) is 12.1 Å². The third-order valence-electron chi connectivity index (χ3n) is 2.15. The van der Waals surface area contributed by atoms with Crippen LogP contribution in [0.1, 0.15) is 16.2 Å². The molecular weight excluding hydrogens is 241 g/mol. The maximum Gasteiger partial charge on any atom is 0.255 e. The van der Waals surface area contributed by atoms with Crippen LogP contribution in [0.3, 0.4) is 0 Å². The largest absolute Gasteiger partial charge is 0.372 e. The molecule has 2 aromatic heterocycles. The zero-order valence-electron chi connectivity index (χ0n) is 9.48. The Labute approximate surface area is 101 Å². The van der Waals surface area contributed by atoms with Crippen molar-refractivity contribution in [1.82, 2.24) is 20.4 Å². The van der Waals surface area contributed by atoms with Gasteiger partial charge in [0.05, 0.1) is 18.3 Å². The smallest absolute Gasteiger partial charge is 0.255 e. The second kappa shape index (κ2) is 5.21. The summed E-state index contributed by atoms with van der Waals surface area (Å²) in [6, 6.07) is 1.10. The number of carbonyl (C=O) groups is 1. The van der Waals surface area contributed by atoms with E-state index < -0.39 is 11.7 Å². The van der Waals surface area contributed by atoms with Crippen LogP contribution in [-0.4, -0.2) is 28.1 Å². The van der Waals surface area contributed by atoms with Crippen molar-refractivity contribution in [1.29, 1.82) is 0 Å². The summed E-state index contributed by atoms with van der Waals surface area (Å²) in [5, 5.41) is 8.78. The van der Waals surface area contributed by atoms with Crippen molar-refractivity contribution in [2.45, 2.75) is 6.54 Å². The van der Waals surface area contributed by atoms with Crippen LogP contribution < -0.4 is 10.6 Å². The fourth-order valence-electron chi connectivity index (χ4n) is 1.34. The van der Waals surface area contributed by atoms with Crippen LogP contribution in [0.25, 0.3) is 0 Å². The first-order valence-electron chi connectivity index (χ1n) is 5.07. The first kappa shape index (κ1) is 12.0. The molecule has 0 radical (unpaired) electrons. The number of pyridine rings is 1. The molecular formula is C10H10FN5O2. The van der Waals surface area contributed by atoms with Crippen molar-refractivity contribution in [2.24, 2.45) is 0 Å². The van der Waals surface area contributed by atoms with Crippen LogP contribution in [0.2, 0.25) is 0 Å². The van der Waals surface area contributed by atoms with E-state index in [2.05, 4.69) is 30.3 Å². The average molecular weight is 251 g/mol. The SMILES string of the molecule is CNc1ncc(F)cc1C(=O)NCc1ncon1. The molecule has 0 saturated carbocycles. The van der Waals surface area contributed by atoms with Crippen LogP contribution in [-0.2, 0) is 6.54 Å². The van der Waals surface area contributed by atoms with Gasteiger partial charge in [-0.1, -0.05) is 5.16 Å². The Bertz CT molecular complexity index is 543. The summed E-state index contributed by atoms with van der Waals surface area (Å²) in [5.41, 5.74) is 0.112. The summed E-state index contributed by atoms with van der Waals surface area (Å²) in [6.07, 6.45) is 2.19. The molecule has 0 unspecified atom stereocenters. The van der Waals surface area contributed by atoms with Crippen LogP contribution in [0.15, 0.2) is 23.2 Å². The normalized spacial score (nSPS) is 10.1. The molecule has 0 bridgehead atoms. The Morgan fingerprint density at radius 1 is 1.50 bits per heavy atom. The quantitative estimate of drug-likeness (QED) is 0.825. The van der Waals surface area contributed by atoms with Gasteiger partial charge >= 0.3 is 0 Å². The number of carbonyl (C=O) groups excluding carboxylic acids is 1. The molecule has 2 aromatic rings. The van der Waals surface area contributed by atoms with Crippen molar-refractivity contribution >= 4 is 11.7 Å². The lowest BCUT2D eigenvalue weighted by Gasteiger charge is -2.07. The Morgan fingerprint density at radius 2 is 2.33 bits per heavy atom. The second-order valence-electron chi connectivity index (χ2n) is 3.33. The molecule has 8 heteroatoms. The van der Waals surface area contributed by atoms with Crippen molar-refractivity contribution in [2.75, 3.05) is 12.4 Å². The van der Waals surface area contributed by atoms with Crippen molar-refractivity contribution in [3.05, 3.63) is 35.9 Å². The van der Waals surface area contributed by atoms with Gasteiger partial charge in [-0.05, 0) is 6.07 Å². The first-order valence-corrected chi connectivity index (χ1v) is 5.07. The first-order chi connectivity index (χ1) is 8.70. The zero-order chi connectivity index (χ0) is 13.0. The Kier molecular flexibility index (Phi) is 3.46. The number of nitrogens with zero attached hydrogens (tertiary/aromatic N) is 3. The highest BCUT2D eigenvalue weighted by atomic mass is 19.1. The van der Waals surface area contributed by atoms with E-state index in [1.165, 1.54) is 0 Å². The lowest BCUT2D eigenvalue weighted by molar-refractivity contribution is 0.0949. The molecule has 7 nitrogen and oxygen atoms in total. The molecule has 0 aliphatic rings. The van der Waals surface area contributed by atoms with Gasteiger partial charge in [-0.25, -0.2) is 9.37 Å². The molecule has 2 N–H and O–H groups in total. The topological polar surface area (TPSA) is 92.9 Å². The summed E-state index contributed by atoms with van der Waals surface area (Å²) in [7, 11) is 1.59. The summed E-state index contributed by atoms with van der Waals surface area (Å²) >= 11 is 0. The van der Waals surface area contributed by atoms with Gasteiger partial charge in [0.15, 0.2) is 5.82 Å². The minimum absolute atomic E-state index is 0.0923. The number of amides is 1. The highest BCUT2D eigenvalue weighted by molar-refractivity contribution is 5.98. The van der Waals surface area contributed by atoms with E-state index in [4.69, 9.17) is 0 Å². The standard InChI is InChI=1S/C10H10FN5O2/c1-12-9-7(2-6(11)3-13-9)10(17)14-4-8-15-5-18-16-8/h2-3,5H,4H2,1H3,(H,12,13)(H,14,17). The molecule has 0 fully saturated rings. The van der Waals surface area contributed by atoms with Crippen molar-refractivity contribution in [3.8, 4) is 0 Å². The number of hydrogen-bond acceptors (Lipinski definition) is 6. The highest BCUT2D eigenvalue weighted by Gasteiger charge is 2.13. The molecule has 0 saturated heterocycles. The lowest BCUT2D eigenvalue weighted by Crippen LogP contribution is -2.24. The number of hydrogen-bond donors (Lipinski definition) is 2. The van der Waals surface area contributed by atoms with E-state index in [0.29, 0.717) is 11.6 Å². The number of rotatable bonds is 4. The Balaban J connectivity index is 2.10. The molecule has 2 rings (SSSR count). The molecule has 0 spiro atoms. The van der Waals surface area contributed by atoms with Crippen LogP contribution in [0, 0.1) is 5.82 Å². The molecule has 2 heterocycles. The Morgan fingerprint density at radius 3 is 3.00 bits per heavy atom. The third kappa shape index (κ3) is 2.59. The van der Waals surface area contributed by atoms with Gasteiger partial charge in [0.25, 0.3) is 5.91 Å². The predicted molar refractivity (Wildman–Crippen MR) is 59.2 cm³/mol. The van der Waals surface area contributed by atoms with Crippen molar-refractivity contribution < 1.29 is 13.7 Å². The molecule has 94 valence electrons. The molecule has 18 heavy (non-hydrogen) atoms. The van der Waals surface area contributed by atoms with Gasteiger partial charge in [-0.2, -0.15) is 4.98 Å². The van der Waals surface area contributed by atoms with E-state index >= 15 is 0 Å². The van der Waals surface area contributed by atoms with Crippen LogP contribution in [0.5, 0.6) is 0 Å². The predicted octanol–water partition coefficient (Wildman–Crippen LogP) is 0.575. The molecule has 0 aliphatic heterocycles. The average Bonchev–Trinajstić information content (AvgIpc) is 2.89. The molecule has 0 aliphatic carbocycles. The fourth-order valence-corrected chi connectivity index (χ4v) is 1.34. The van der Waals surface area contributed by atoms with Gasteiger partial charge in [0, 0.05) is 7.05 Å². The van der Waals surface area contributed by atoms with Gasteiger partial charge in [0.2, 0.25) is 6.39 Å². The maximum absolute atomic E-state index is 13.0. The monoisotopic (exact) mass is 251 g/mol. The minimum atomic E-state index is -0.585. The highest BCUT2D eigenvalue weighted by Crippen LogP contribution is 2.12. The van der Waals surface area contributed by atoms with Gasteiger partial charge in [0.1, 0.15) is 11.6 Å². The molecule has 1 amide bonds. The third-order valence-corrected chi connectivity index (χ3v) is 2.15. The van der Waals surface area contributed by atoms with E-state index in [1.54, 1.807) is 7.05 Å². The molecule has 0 atom stereocenters. The number of halogens is 1. The van der Waals surface area contributed by atoms with Crippen LogP contribution in [0.4, 0.5) is 10.2 Å². The van der Waals surface area contributed by atoms with Gasteiger partial charge < -0.3 is 15.2 Å².